The Morgan fingerprint density at radius 1 is 1.23 bits per heavy atom. The van der Waals surface area contributed by atoms with E-state index in [9.17, 15) is 4.79 Å². The normalized spacial score (nSPS) is 24.6. The number of carbonyl (C=O) groups is 1. The minimum Gasteiger partial charge on any atom is -0.337 e. The number of hydrogen-bond acceptors (Lipinski definition) is 3. The molecule has 22 heavy (non-hydrogen) atoms. The fourth-order valence-corrected chi connectivity index (χ4v) is 4.10. The van der Waals surface area contributed by atoms with Crippen LogP contribution in [0.15, 0.2) is 12.5 Å². The first-order chi connectivity index (χ1) is 10.7. The Morgan fingerprint density at radius 2 is 2.00 bits per heavy atom. The van der Waals surface area contributed by atoms with Gasteiger partial charge >= 0.3 is 0 Å². The quantitative estimate of drug-likeness (QED) is 0.860. The third-order valence-electron chi connectivity index (χ3n) is 5.47. The van der Waals surface area contributed by atoms with E-state index in [1.54, 1.807) is 12.5 Å². The van der Waals surface area contributed by atoms with Gasteiger partial charge < -0.3 is 14.4 Å². The fraction of sp³-hybridized carbons (Fsp3) is 0.765. The van der Waals surface area contributed by atoms with Crippen LogP contribution in [0.5, 0.6) is 0 Å². The van der Waals surface area contributed by atoms with E-state index in [1.807, 2.05) is 16.4 Å². The van der Waals surface area contributed by atoms with Crippen molar-refractivity contribution in [3.8, 4) is 0 Å². The lowest BCUT2D eigenvalue weighted by Crippen LogP contribution is -2.47. The predicted molar refractivity (Wildman–Crippen MR) is 86.8 cm³/mol. The molecule has 1 amide bonds. The second-order valence-electron chi connectivity index (χ2n) is 6.74. The lowest BCUT2D eigenvalue weighted by molar-refractivity contribution is 0.0546. The average Bonchev–Trinajstić information content (AvgIpc) is 3.03. The second-order valence-corrected chi connectivity index (χ2v) is 6.74. The molecule has 0 N–H and O–H groups in total. The SMILES string of the molecule is CCn1cncc1C(=O)N1CCC(C2CCCCN2C)CC1. The number of aryl methyl sites for hydroxylation is 1. The number of aromatic nitrogens is 2. The van der Waals surface area contributed by atoms with Crippen LogP contribution in [0.3, 0.4) is 0 Å². The van der Waals surface area contributed by atoms with Crippen molar-refractivity contribution in [2.75, 3.05) is 26.7 Å². The maximum atomic E-state index is 12.6. The summed E-state index contributed by atoms with van der Waals surface area (Å²) >= 11 is 0. The van der Waals surface area contributed by atoms with Gasteiger partial charge in [0.25, 0.3) is 5.91 Å². The average molecular weight is 304 g/mol. The van der Waals surface area contributed by atoms with Crippen LogP contribution in [0.1, 0.15) is 49.5 Å². The van der Waals surface area contributed by atoms with Gasteiger partial charge in [-0.25, -0.2) is 4.98 Å². The van der Waals surface area contributed by atoms with E-state index < -0.39 is 0 Å². The van der Waals surface area contributed by atoms with Gasteiger partial charge in [-0.05, 0) is 52.1 Å². The molecule has 0 bridgehead atoms. The third-order valence-corrected chi connectivity index (χ3v) is 5.47. The molecule has 5 heteroatoms. The first-order valence-electron chi connectivity index (χ1n) is 8.70. The summed E-state index contributed by atoms with van der Waals surface area (Å²) < 4.78 is 1.93. The zero-order valence-electron chi connectivity index (χ0n) is 13.9. The molecule has 2 fully saturated rings. The Kier molecular flexibility index (Phi) is 4.81. The summed E-state index contributed by atoms with van der Waals surface area (Å²) in [5.41, 5.74) is 0.732. The molecule has 2 aliphatic rings. The molecule has 1 aromatic heterocycles. The zero-order chi connectivity index (χ0) is 15.5. The van der Waals surface area contributed by atoms with Gasteiger partial charge in [-0.1, -0.05) is 6.42 Å². The summed E-state index contributed by atoms with van der Waals surface area (Å²) in [5.74, 6) is 0.903. The summed E-state index contributed by atoms with van der Waals surface area (Å²) in [6.45, 7) is 5.86. The van der Waals surface area contributed by atoms with Crippen LogP contribution in [0.25, 0.3) is 0 Å². The van der Waals surface area contributed by atoms with Gasteiger partial charge in [0.05, 0.1) is 12.5 Å². The molecule has 0 spiro atoms. The molecule has 0 aliphatic carbocycles. The number of piperidine rings is 2. The number of imidazole rings is 1. The molecule has 1 atom stereocenters. The predicted octanol–water partition coefficient (Wildman–Crippen LogP) is 2.24. The minimum absolute atomic E-state index is 0.148. The van der Waals surface area contributed by atoms with Crippen molar-refractivity contribution in [1.82, 2.24) is 19.4 Å². The summed E-state index contributed by atoms with van der Waals surface area (Å²) in [6, 6.07) is 0.729. The van der Waals surface area contributed by atoms with E-state index in [0.29, 0.717) is 0 Å². The Labute approximate surface area is 133 Å². The monoisotopic (exact) mass is 304 g/mol. The van der Waals surface area contributed by atoms with Crippen molar-refractivity contribution in [2.45, 2.75) is 51.6 Å². The van der Waals surface area contributed by atoms with Crippen molar-refractivity contribution in [3.63, 3.8) is 0 Å². The maximum Gasteiger partial charge on any atom is 0.272 e. The molecule has 0 saturated carbocycles. The van der Waals surface area contributed by atoms with Crippen molar-refractivity contribution >= 4 is 5.91 Å². The molecule has 2 saturated heterocycles. The number of hydrogen-bond donors (Lipinski definition) is 0. The van der Waals surface area contributed by atoms with Crippen LogP contribution in [0.4, 0.5) is 0 Å². The first kappa shape index (κ1) is 15.5. The number of amides is 1. The summed E-state index contributed by atoms with van der Waals surface area (Å²) in [7, 11) is 2.27. The lowest BCUT2D eigenvalue weighted by Gasteiger charge is -2.42. The van der Waals surface area contributed by atoms with Gasteiger partial charge in [0.1, 0.15) is 5.69 Å². The van der Waals surface area contributed by atoms with Gasteiger partial charge in [-0.15, -0.1) is 0 Å². The highest BCUT2D eigenvalue weighted by atomic mass is 16.2. The second kappa shape index (κ2) is 6.82. The Hall–Kier alpha value is -1.36. The van der Waals surface area contributed by atoms with Crippen LogP contribution in [-0.2, 0) is 6.54 Å². The van der Waals surface area contributed by atoms with E-state index in [4.69, 9.17) is 0 Å². The van der Waals surface area contributed by atoms with Crippen LogP contribution >= 0.6 is 0 Å². The maximum absolute atomic E-state index is 12.6. The molecule has 1 unspecified atom stereocenters. The number of likely N-dealkylation sites (tertiary alicyclic amines) is 2. The van der Waals surface area contributed by atoms with Crippen LogP contribution in [0, 0.1) is 5.92 Å². The molecule has 3 rings (SSSR count). The smallest absolute Gasteiger partial charge is 0.272 e. The molecule has 0 aromatic carbocycles. The molecular weight excluding hydrogens is 276 g/mol. The molecule has 1 aromatic rings. The van der Waals surface area contributed by atoms with Crippen molar-refractivity contribution in [2.24, 2.45) is 5.92 Å². The van der Waals surface area contributed by atoms with Gasteiger partial charge in [0, 0.05) is 25.7 Å². The van der Waals surface area contributed by atoms with E-state index in [-0.39, 0.29) is 5.91 Å². The Balaban J connectivity index is 1.58. The van der Waals surface area contributed by atoms with E-state index >= 15 is 0 Å². The topological polar surface area (TPSA) is 41.4 Å². The number of rotatable bonds is 3. The highest BCUT2D eigenvalue weighted by molar-refractivity contribution is 5.92. The molecule has 5 nitrogen and oxygen atoms in total. The largest absolute Gasteiger partial charge is 0.337 e. The molecule has 122 valence electrons. The van der Waals surface area contributed by atoms with Crippen LogP contribution in [0.2, 0.25) is 0 Å². The summed E-state index contributed by atoms with van der Waals surface area (Å²) in [4.78, 5) is 21.3. The van der Waals surface area contributed by atoms with Crippen molar-refractivity contribution < 1.29 is 4.79 Å². The van der Waals surface area contributed by atoms with Crippen molar-refractivity contribution in [3.05, 3.63) is 18.2 Å². The molecular formula is C17H28N4O. The van der Waals surface area contributed by atoms with Crippen LogP contribution in [-0.4, -0.2) is 58.0 Å². The molecule has 0 radical (unpaired) electrons. The van der Waals surface area contributed by atoms with Gasteiger partial charge in [0.2, 0.25) is 0 Å². The molecule has 2 aliphatic heterocycles. The Morgan fingerprint density at radius 3 is 2.68 bits per heavy atom. The highest BCUT2D eigenvalue weighted by Crippen LogP contribution is 2.30. The fourth-order valence-electron chi connectivity index (χ4n) is 4.10. The van der Waals surface area contributed by atoms with Gasteiger partial charge in [-0.3, -0.25) is 4.79 Å². The van der Waals surface area contributed by atoms with E-state index in [0.717, 1.165) is 50.1 Å². The van der Waals surface area contributed by atoms with Crippen LogP contribution < -0.4 is 0 Å². The molecule has 3 heterocycles. The third kappa shape index (κ3) is 3.05. The van der Waals surface area contributed by atoms with Crippen molar-refractivity contribution in [1.29, 1.82) is 0 Å². The highest BCUT2D eigenvalue weighted by Gasteiger charge is 2.32. The first-order valence-corrected chi connectivity index (χ1v) is 8.70. The summed E-state index contributed by atoms with van der Waals surface area (Å²) in [6.07, 6.45) is 9.76. The standard InChI is InChI=1S/C17H28N4O/c1-3-20-13-18-12-16(20)17(22)21-10-7-14(8-11-21)15-6-4-5-9-19(15)2/h12-15H,3-11H2,1-2H3. The lowest BCUT2D eigenvalue weighted by atomic mass is 9.84. The summed E-state index contributed by atoms with van der Waals surface area (Å²) in [5, 5.41) is 0. The minimum atomic E-state index is 0.148. The van der Waals surface area contributed by atoms with E-state index in [2.05, 4.69) is 16.9 Å². The van der Waals surface area contributed by atoms with E-state index in [1.165, 1.54) is 25.8 Å². The van der Waals surface area contributed by atoms with Gasteiger partial charge in [0.15, 0.2) is 0 Å². The Bertz CT molecular complexity index is 505. The number of nitrogens with zero attached hydrogens (tertiary/aromatic N) is 4. The number of carbonyl (C=O) groups excluding carboxylic acids is 1. The zero-order valence-corrected chi connectivity index (χ0v) is 13.9. The van der Waals surface area contributed by atoms with Gasteiger partial charge in [-0.2, -0.15) is 0 Å².